The summed E-state index contributed by atoms with van der Waals surface area (Å²) >= 11 is 0. The summed E-state index contributed by atoms with van der Waals surface area (Å²) in [6, 6.07) is 22.7. The molecule has 0 radical (unpaired) electrons. The molecule has 7 heteroatoms. The Labute approximate surface area is 193 Å². The number of hydrogen-bond donors (Lipinski definition) is 0. The van der Waals surface area contributed by atoms with Gasteiger partial charge in [0.15, 0.2) is 0 Å². The van der Waals surface area contributed by atoms with Gasteiger partial charge in [-0.1, -0.05) is 30.3 Å². The zero-order chi connectivity index (χ0) is 23.8. The summed E-state index contributed by atoms with van der Waals surface area (Å²) in [5.41, 5.74) is 3.03. The molecule has 170 valence electrons. The van der Waals surface area contributed by atoms with Crippen LogP contribution >= 0.6 is 0 Å². The number of hydrogen-bond acceptors (Lipinski definition) is 5. The number of ether oxygens (including phenoxy) is 2. The third-order valence-electron chi connectivity index (χ3n) is 5.05. The van der Waals surface area contributed by atoms with Gasteiger partial charge in [0.1, 0.15) is 6.61 Å². The summed E-state index contributed by atoms with van der Waals surface area (Å²) in [4.78, 5) is 39.9. The first-order chi connectivity index (χ1) is 15.9. The van der Waals surface area contributed by atoms with Gasteiger partial charge in [-0.3, -0.25) is 9.69 Å². The molecule has 33 heavy (non-hydrogen) atoms. The lowest BCUT2D eigenvalue weighted by Crippen LogP contribution is -2.28. The van der Waals surface area contributed by atoms with Crippen molar-refractivity contribution >= 4 is 29.3 Å². The Kier molecular flexibility index (Phi) is 7.81. The highest BCUT2D eigenvalue weighted by Gasteiger charge is 2.17. The number of nitrogens with zero attached hydrogens (tertiary/aromatic N) is 2. The molecular formula is C26H26N2O5. The lowest BCUT2D eigenvalue weighted by atomic mass is 10.1. The van der Waals surface area contributed by atoms with Crippen LogP contribution in [0.25, 0.3) is 0 Å². The number of rotatable bonds is 7. The van der Waals surface area contributed by atoms with Crippen LogP contribution in [0.15, 0.2) is 78.9 Å². The summed E-state index contributed by atoms with van der Waals surface area (Å²) in [5, 5.41) is 0. The normalized spacial score (nSPS) is 10.3. The van der Waals surface area contributed by atoms with Gasteiger partial charge < -0.3 is 14.4 Å². The molecule has 3 aromatic rings. The largest absolute Gasteiger partial charge is 0.462 e. The van der Waals surface area contributed by atoms with E-state index in [1.807, 2.05) is 30.3 Å². The summed E-state index contributed by atoms with van der Waals surface area (Å²) in [7, 11) is 3.27. The highest BCUT2D eigenvalue weighted by atomic mass is 16.6. The molecule has 0 aliphatic rings. The lowest BCUT2D eigenvalue weighted by molar-refractivity contribution is 0.0526. The summed E-state index contributed by atoms with van der Waals surface area (Å²) < 4.78 is 10.3. The van der Waals surface area contributed by atoms with E-state index in [0.29, 0.717) is 29.1 Å². The Morgan fingerprint density at radius 2 is 1.24 bits per heavy atom. The van der Waals surface area contributed by atoms with E-state index in [4.69, 9.17) is 9.47 Å². The Morgan fingerprint density at radius 1 is 0.697 bits per heavy atom. The van der Waals surface area contributed by atoms with Crippen molar-refractivity contribution in [2.45, 2.75) is 13.5 Å². The minimum absolute atomic E-state index is 0.181. The number of benzene rings is 3. The van der Waals surface area contributed by atoms with Crippen molar-refractivity contribution in [2.75, 3.05) is 30.5 Å². The third-order valence-corrected chi connectivity index (χ3v) is 5.05. The van der Waals surface area contributed by atoms with E-state index < -0.39 is 12.1 Å². The second-order valence-electron chi connectivity index (χ2n) is 7.28. The van der Waals surface area contributed by atoms with Gasteiger partial charge >= 0.3 is 12.1 Å². The summed E-state index contributed by atoms with van der Waals surface area (Å²) in [5.74, 6) is -0.625. The van der Waals surface area contributed by atoms with Crippen LogP contribution in [0.3, 0.4) is 0 Å². The van der Waals surface area contributed by atoms with E-state index in [1.165, 1.54) is 9.80 Å². The van der Waals surface area contributed by atoms with Crippen LogP contribution < -0.4 is 9.80 Å². The Morgan fingerprint density at radius 3 is 1.82 bits per heavy atom. The maximum Gasteiger partial charge on any atom is 0.414 e. The van der Waals surface area contributed by atoms with Crippen molar-refractivity contribution in [3.05, 3.63) is 95.6 Å². The van der Waals surface area contributed by atoms with Gasteiger partial charge in [0.25, 0.3) is 5.91 Å². The third kappa shape index (κ3) is 5.98. The highest BCUT2D eigenvalue weighted by molar-refractivity contribution is 6.06. The maximum absolute atomic E-state index is 12.9. The molecule has 3 aromatic carbocycles. The van der Waals surface area contributed by atoms with Gasteiger partial charge in [0.2, 0.25) is 0 Å². The molecule has 0 atom stereocenters. The number of anilines is 2. The first-order valence-electron chi connectivity index (χ1n) is 10.5. The molecule has 7 nitrogen and oxygen atoms in total. The number of amides is 2. The standard InChI is InChI=1S/C26H26N2O5/c1-4-32-25(30)21-12-16-22(17-13-21)27(2)24(29)20-10-14-23(15-11-20)28(3)26(31)33-18-19-8-6-5-7-9-19/h5-17H,4,18H2,1-3H3. The van der Waals surface area contributed by atoms with Crippen molar-refractivity contribution in [1.29, 1.82) is 0 Å². The average Bonchev–Trinajstić information content (AvgIpc) is 2.87. The molecule has 0 aliphatic carbocycles. The van der Waals surface area contributed by atoms with Crippen molar-refractivity contribution in [3.63, 3.8) is 0 Å². The van der Waals surface area contributed by atoms with E-state index >= 15 is 0 Å². The fourth-order valence-corrected chi connectivity index (χ4v) is 3.10. The van der Waals surface area contributed by atoms with Gasteiger partial charge in [-0.05, 0) is 61.0 Å². The molecule has 0 bridgehead atoms. The molecule has 0 fully saturated rings. The smallest absolute Gasteiger partial charge is 0.414 e. The second-order valence-corrected chi connectivity index (χ2v) is 7.28. The van der Waals surface area contributed by atoms with Gasteiger partial charge in [-0.15, -0.1) is 0 Å². The lowest BCUT2D eigenvalue weighted by Gasteiger charge is -2.19. The van der Waals surface area contributed by atoms with Crippen LogP contribution in [-0.2, 0) is 16.1 Å². The topological polar surface area (TPSA) is 76.2 Å². The maximum atomic E-state index is 12.9. The summed E-state index contributed by atoms with van der Waals surface area (Å²) in [6.45, 7) is 2.23. The van der Waals surface area contributed by atoms with Gasteiger partial charge in [0, 0.05) is 31.0 Å². The molecule has 0 unspecified atom stereocenters. The molecule has 0 aliphatic heterocycles. The molecule has 0 saturated heterocycles. The molecular weight excluding hydrogens is 420 g/mol. The molecule has 0 spiro atoms. The van der Waals surface area contributed by atoms with Crippen LogP contribution in [0, 0.1) is 0 Å². The summed E-state index contributed by atoms with van der Waals surface area (Å²) in [6.07, 6.45) is -0.489. The Bertz CT molecular complexity index is 1100. The minimum Gasteiger partial charge on any atom is -0.462 e. The van der Waals surface area contributed by atoms with Crippen LogP contribution in [0.5, 0.6) is 0 Å². The van der Waals surface area contributed by atoms with E-state index in [1.54, 1.807) is 69.6 Å². The van der Waals surface area contributed by atoms with Crippen molar-refractivity contribution < 1.29 is 23.9 Å². The van der Waals surface area contributed by atoms with Crippen molar-refractivity contribution in [3.8, 4) is 0 Å². The molecule has 3 rings (SSSR count). The van der Waals surface area contributed by atoms with Crippen molar-refractivity contribution in [2.24, 2.45) is 0 Å². The molecule has 0 heterocycles. The SMILES string of the molecule is CCOC(=O)c1ccc(N(C)C(=O)c2ccc(N(C)C(=O)OCc3ccccc3)cc2)cc1. The number of carbonyl (C=O) groups is 3. The van der Waals surface area contributed by atoms with E-state index in [0.717, 1.165) is 5.56 Å². The zero-order valence-electron chi connectivity index (χ0n) is 18.9. The first kappa shape index (κ1) is 23.5. The van der Waals surface area contributed by atoms with E-state index in [9.17, 15) is 14.4 Å². The second kappa shape index (κ2) is 10.9. The predicted octanol–water partition coefficient (Wildman–Crippen LogP) is 4.91. The molecule has 2 amide bonds. The Balaban J connectivity index is 1.61. The zero-order valence-corrected chi connectivity index (χ0v) is 18.9. The average molecular weight is 447 g/mol. The predicted molar refractivity (Wildman–Crippen MR) is 127 cm³/mol. The first-order valence-corrected chi connectivity index (χ1v) is 10.5. The van der Waals surface area contributed by atoms with Crippen molar-refractivity contribution in [1.82, 2.24) is 0 Å². The van der Waals surface area contributed by atoms with Crippen LogP contribution in [0.2, 0.25) is 0 Å². The number of esters is 1. The van der Waals surface area contributed by atoms with E-state index in [2.05, 4.69) is 0 Å². The van der Waals surface area contributed by atoms with Crippen LogP contribution in [0.1, 0.15) is 33.2 Å². The van der Waals surface area contributed by atoms with E-state index in [-0.39, 0.29) is 12.5 Å². The molecule has 0 saturated carbocycles. The molecule has 0 aromatic heterocycles. The van der Waals surface area contributed by atoms with Gasteiger partial charge in [0.05, 0.1) is 12.2 Å². The van der Waals surface area contributed by atoms with Gasteiger partial charge in [-0.25, -0.2) is 9.59 Å². The van der Waals surface area contributed by atoms with Gasteiger partial charge in [-0.2, -0.15) is 0 Å². The molecule has 0 N–H and O–H groups in total. The Hall–Kier alpha value is -4.13. The fourth-order valence-electron chi connectivity index (χ4n) is 3.10. The fraction of sp³-hybridized carbons (Fsp3) is 0.192. The quantitative estimate of drug-likeness (QED) is 0.482. The monoisotopic (exact) mass is 446 g/mol. The van der Waals surface area contributed by atoms with Crippen LogP contribution in [0.4, 0.5) is 16.2 Å². The van der Waals surface area contributed by atoms with Crippen LogP contribution in [-0.4, -0.2) is 38.7 Å². The number of carbonyl (C=O) groups excluding carboxylic acids is 3. The highest BCUT2D eigenvalue weighted by Crippen LogP contribution is 2.20. The minimum atomic E-state index is -0.489.